The molecule has 1 saturated heterocycles. The summed E-state index contributed by atoms with van der Waals surface area (Å²) in [6.07, 6.45) is 12.6. The van der Waals surface area contributed by atoms with Crippen LogP contribution in [0, 0.1) is 7.43 Å². The number of nitrogen functional groups attached to an aromatic ring is 3. The molecule has 45 heavy (non-hydrogen) atoms. The molecule has 0 unspecified atom stereocenters. The fraction of sp³-hybridized carbons (Fsp3) is 0.355. The van der Waals surface area contributed by atoms with Crippen LogP contribution in [0.4, 0.5) is 17.1 Å². The van der Waals surface area contributed by atoms with E-state index in [0.717, 1.165) is 57.8 Å². The van der Waals surface area contributed by atoms with Gasteiger partial charge in [-0.1, -0.05) is 15.9 Å². The average molecular weight is 781 g/mol. The van der Waals surface area contributed by atoms with Crippen molar-refractivity contribution in [3.05, 3.63) is 110 Å². The van der Waals surface area contributed by atoms with Crippen molar-refractivity contribution in [1.29, 1.82) is 0 Å². The molecule has 0 bridgehead atoms. The molecule has 12 nitrogen and oxygen atoms in total. The summed E-state index contributed by atoms with van der Waals surface area (Å²) >= 11 is 3.37. The molecule has 3 aliphatic rings. The Bertz CT molecular complexity index is 1550. The maximum absolute atomic E-state index is 11.7. The number of nitrogens with zero attached hydrogens (tertiary/aromatic N) is 2. The Balaban J connectivity index is 0.000000308. The van der Waals surface area contributed by atoms with E-state index in [1.165, 1.54) is 4.48 Å². The molecule has 7 N–H and O–H groups in total. The quantitative estimate of drug-likeness (QED) is 0.223. The minimum absolute atomic E-state index is 0. The van der Waals surface area contributed by atoms with Gasteiger partial charge in [-0.15, -0.1) is 0 Å². The van der Waals surface area contributed by atoms with Crippen LogP contribution in [0.2, 0.25) is 0 Å². The van der Waals surface area contributed by atoms with E-state index in [1.54, 1.807) is 58.1 Å². The van der Waals surface area contributed by atoms with Crippen LogP contribution in [0.1, 0.15) is 31.7 Å². The van der Waals surface area contributed by atoms with Crippen molar-refractivity contribution in [3.63, 3.8) is 0 Å². The number of H-pyrrole nitrogens is 1. The van der Waals surface area contributed by atoms with Crippen molar-refractivity contribution in [2.24, 2.45) is 0 Å². The Hall–Kier alpha value is -3.25. The monoisotopic (exact) mass is 779 g/mol. The number of aromatic amines is 1. The zero-order valence-corrected chi connectivity index (χ0v) is 28.4. The summed E-state index contributed by atoms with van der Waals surface area (Å²) in [6, 6.07) is 10.3. The van der Waals surface area contributed by atoms with Gasteiger partial charge < -0.3 is 48.4 Å². The molecule has 0 spiro atoms. The third-order valence-electron chi connectivity index (χ3n) is 6.57. The van der Waals surface area contributed by atoms with E-state index in [2.05, 4.69) is 20.9 Å². The molecule has 3 aromatic rings. The van der Waals surface area contributed by atoms with E-state index in [4.69, 9.17) is 31.4 Å². The number of nitrogens with one attached hydrogen (secondary N) is 1. The second-order valence-electron chi connectivity index (χ2n) is 9.61. The third kappa shape index (κ3) is 13.3. The Morgan fingerprint density at radius 2 is 1.36 bits per heavy atom. The van der Waals surface area contributed by atoms with Crippen molar-refractivity contribution < 1.29 is 34.6 Å². The summed E-state index contributed by atoms with van der Waals surface area (Å²) in [5, 5.41) is 0. The molecule has 0 aromatic carbocycles. The summed E-state index contributed by atoms with van der Waals surface area (Å²) in [7, 11) is 0. The van der Waals surface area contributed by atoms with E-state index in [1.807, 2.05) is 18.2 Å². The van der Waals surface area contributed by atoms with Gasteiger partial charge in [0.15, 0.2) is 0 Å². The molecule has 6 rings (SSSR count). The fourth-order valence-corrected chi connectivity index (χ4v) is 4.48. The van der Waals surface area contributed by atoms with Crippen LogP contribution in [-0.2, 0) is 34.6 Å². The van der Waals surface area contributed by atoms with Crippen LogP contribution in [0.25, 0.3) is 5.70 Å². The van der Waals surface area contributed by atoms with Gasteiger partial charge in [0, 0.05) is 76.8 Å². The number of anilines is 3. The van der Waals surface area contributed by atoms with Gasteiger partial charge in [-0.25, -0.2) is 0 Å². The first-order chi connectivity index (χ1) is 20.8. The number of hydrogen-bond acceptors (Lipinski definition) is 9. The van der Waals surface area contributed by atoms with Crippen LogP contribution < -0.4 is 33.9 Å². The van der Waals surface area contributed by atoms with E-state index in [-0.39, 0.29) is 61.9 Å². The number of rotatable bonds is 2. The molecule has 1 fully saturated rings. The molecule has 6 heterocycles. The van der Waals surface area contributed by atoms with E-state index in [0.29, 0.717) is 18.9 Å². The van der Waals surface area contributed by atoms with Gasteiger partial charge in [0.2, 0.25) is 0 Å². The first-order valence-electron chi connectivity index (χ1n) is 13.9. The minimum Gasteiger partial charge on any atom is -0.394 e. The van der Waals surface area contributed by atoms with Gasteiger partial charge >= 0.3 is 0 Å². The molecule has 14 heteroatoms. The maximum Gasteiger partial charge on any atom is 0.277 e. The maximum atomic E-state index is 11.7. The molecule has 0 atom stereocenters. The molecule has 3 aromatic heterocycles. The predicted molar refractivity (Wildman–Crippen MR) is 179 cm³/mol. The summed E-state index contributed by atoms with van der Waals surface area (Å²) in [5.74, 6) is 0. The zero-order chi connectivity index (χ0) is 31.0. The predicted octanol–water partition coefficient (Wildman–Crippen LogP) is 3.56. The number of ether oxygens (including phenoxy) is 3. The van der Waals surface area contributed by atoms with Gasteiger partial charge in [0.05, 0.1) is 43.5 Å². The molecule has 0 amide bonds. The molecule has 250 valence electrons. The molecule has 3 aliphatic heterocycles. The smallest absolute Gasteiger partial charge is 0.277 e. The molecular formula is C31H42BrN6O6Pd-. The van der Waals surface area contributed by atoms with Gasteiger partial charge in [0.1, 0.15) is 0 Å². The number of hydrogen-bond donors (Lipinski definition) is 4. The second-order valence-corrected chi connectivity index (χ2v) is 10.6. The summed E-state index contributed by atoms with van der Waals surface area (Å²) < 4.78 is 20.0. The van der Waals surface area contributed by atoms with Crippen molar-refractivity contribution >= 4 is 38.7 Å². The number of pyridine rings is 3. The summed E-state index contributed by atoms with van der Waals surface area (Å²) in [4.78, 5) is 36.1. The van der Waals surface area contributed by atoms with E-state index >= 15 is 0 Å². The van der Waals surface area contributed by atoms with Crippen LogP contribution in [-0.4, -0.2) is 53.8 Å². The molecule has 0 saturated carbocycles. The Labute approximate surface area is 285 Å². The van der Waals surface area contributed by atoms with Crippen molar-refractivity contribution in [3.8, 4) is 0 Å². The molecule has 0 radical (unpaired) electrons. The Morgan fingerprint density at radius 3 is 1.87 bits per heavy atom. The van der Waals surface area contributed by atoms with Crippen molar-refractivity contribution in [2.45, 2.75) is 31.7 Å². The standard InChI is InChI=1S/C10H14N2O2.C10H12N2O2.C5H7BrO.C5H6N2O.CH3.Pd/c2*11-9-2-1-5-12(10(9)13)8-3-6-14-7-4-8;6-5-1-3-7-4-2-5;6-4-2-1-3-7-5(4)8;;/h1-2,5,8H,3-4,6-7,11H2;1-3,5H,4,6-7,11H2;1H,2-4H2;1-3H,6H2,(H,7,8);1H3;/q;;;;-1;. The number of nitrogens with two attached hydrogens (primary N) is 3. The van der Waals surface area contributed by atoms with Crippen LogP contribution in [0.3, 0.4) is 0 Å². The topological polar surface area (TPSA) is 183 Å². The fourth-order valence-electron chi connectivity index (χ4n) is 4.19. The third-order valence-corrected chi connectivity index (χ3v) is 7.29. The summed E-state index contributed by atoms with van der Waals surface area (Å²) in [6.45, 7) is 4.33. The molecular weight excluding hydrogens is 739 g/mol. The average Bonchev–Trinajstić information content (AvgIpc) is 3.04. The number of aromatic nitrogens is 3. The molecule has 0 aliphatic carbocycles. The first kappa shape index (κ1) is 39.8. The van der Waals surface area contributed by atoms with Crippen LogP contribution >= 0.6 is 15.9 Å². The van der Waals surface area contributed by atoms with Gasteiger partial charge in [-0.3, -0.25) is 19.0 Å². The Morgan fingerprint density at radius 1 is 0.756 bits per heavy atom. The SMILES string of the molecule is BrC1=CCOCC1.Nc1ccc[nH]c1=O.Nc1cccn(C2=CCOCC2)c1=O.Nc1cccn(C2CCOCC2)c1=O.[CH3-].[Pd]. The van der Waals surface area contributed by atoms with E-state index in [9.17, 15) is 14.4 Å². The van der Waals surface area contributed by atoms with Crippen molar-refractivity contribution in [2.75, 3.05) is 56.8 Å². The minimum atomic E-state index is -0.229. The normalized spacial score (nSPS) is 15.8. The van der Waals surface area contributed by atoms with E-state index < -0.39 is 0 Å². The van der Waals surface area contributed by atoms with Gasteiger partial charge in [-0.2, -0.15) is 0 Å². The first-order valence-corrected chi connectivity index (χ1v) is 14.7. The second kappa shape index (κ2) is 21.5. The van der Waals surface area contributed by atoms with Gasteiger partial charge in [0.25, 0.3) is 16.7 Å². The van der Waals surface area contributed by atoms with Crippen molar-refractivity contribution in [1.82, 2.24) is 14.1 Å². The summed E-state index contributed by atoms with van der Waals surface area (Å²) in [5.41, 5.74) is 17.6. The van der Waals surface area contributed by atoms with Gasteiger partial charge in [-0.05, 0) is 65.9 Å². The zero-order valence-electron chi connectivity index (χ0n) is 25.3. The van der Waals surface area contributed by atoms with Crippen LogP contribution in [0.15, 0.2) is 86.0 Å². The van der Waals surface area contributed by atoms with Crippen LogP contribution in [0.5, 0.6) is 0 Å². The largest absolute Gasteiger partial charge is 0.394 e. The number of halogens is 1. The Kier molecular flexibility index (Phi) is 19.0.